The molecule has 4 heteroatoms. The van der Waals surface area contributed by atoms with Crippen LogP contribution in [0.1, 0.15) is 46.5 Å². The standard InChI is InChI=1S/C13H27NO3/c1-4-6-11(3)10-17-9-7-12(13(15)16)14-8-5-2/h11-12,14H,4-10H2,1-3H3,(H,15,16). The Kier molecular flexibility index (Phi) is 10.2. The first-order valence-electron chi connectivity index (χ1n) is 6.65. The van der Waals surface area contributed by atoms with Crippen molar-refractivity contribution in [3.63, 3.8) is 0 Å². The van der Waals surface area contributed by atoms with E-state index in [1.165, 1.54) is 6.42 Å². The van der Waals surface area contributed by atoms with Gasteiger partial charge in [0.25, 0.3) is 0 Å². The molecule has 2 N–H and O–H groups in total. The third-order valence-electron chi connectivity index (χ3n) is 2.67. The number of rotatable bonds is 11. The first kappa shape index (κ1) is 16.4. The smallest absolute Gasteiger partial charge is 0.320 e. The monoisotopic (exact) mass is 245 g/mol. The van der Waals surface area contributed by atoms with E-state index in [1.54, 1.807) is 0 Å². The van der Waals surface area contributed by atoms with E-state index in [1.807, 2.05) is 6.92 Å². The Morgan fingerprint density at radius 3 is 2.53 bits per heavy atom. The van der Waals surface area contributed by atoms with Crippen molar-refractivity contribution < 1.29 is 14.6 Å². The van der Waals surface area contributed by atoms with Crippen molar-refractivity contribution in [2.75, 3.05) is 19.8 Å². The van der Waals surface area contributed by atoms with Crippen LogP contribution in [0.4, 0.5) is 0 Å². The molecule has 0 amide bonds. The Bertz CT molecular complexity index is 197. The van der Waals surface area contributed by atoms with E-state index < -0.39 is 12.0 Å². The molecule has 0 spiro atoms. The van der Waals surface area contributed by atoms with E-state index in [0.717, 1.165) is 26.0 Å². The second kappa shape index (κ2) is 10.5. The molecule has 0 saturated carbocycles. The first-order chi connectivity index (χ1) is 8.11. The predicted molar refractivity (Wildman–Crippen MR) is 69.2 cm³/mol. The molecular formula is C13H27NO3. The van der Waals surface area contributed by atoms with Crippen LogP contribution in [-0.4, -0.2) is 36.9 Å². The third-order valence-corrected chi connectivity index (χ3v) is 2.67. The van der Waals surface area contributed by atoms with Crippen molar-refractivity contribution in [2.24, 2.45) is 5.92 Å². The van der Waals surface area contributed by atoms with E-state index in [0.29, 0.717) is 18.9 Å². The lowest BCUT2D eigenvalue weighted by molar-refractivity contribution is -0.140. The molecule has 0 saturated heterocycles. The number of ether oxygens (including phenoxy) is 1. The molecule has 0 aromatic heterocycles. The molecule has 0 aromatic carbocycles. The zero-order valence-corrected chi connectivity index (χ0v) is 11.4. The fourth-order valence-electron chi connectivity index (χ4n) is 1.69. The predicted octanol–water partition coefficient (Wildman–Crippen LogP) is 2.28. The number of aliphatic carboxylic acids is 1. The summed E-state index contributed by atoms with van der Waals surface area (Å²) in [6.45, 7) is 8.33. The minimum absolute atomic E-state index is 0.476. The Morgan fingerprint density at radius 1 is 1.29 bits per heavy atom. The van der Waals surface area contributed by atoms with Gasteiger partial charge in [-0.1, -0.05) is 27.2 Å². The highest BCUT2D eigenvalue weighted by molar-refractivity contribution is 5.73. The van der Waals surface area contributed by atoms with Crippen molar-refractivity contribution in [2.45, 2.75) is 52.5 Å². The molecule has 0 aliphatic carbocycles. The molecule has 102 valence electrons. The van der Waals surface area contributed by atoms with E-state index in [-0.39, 0.29) is 0 Å². The number of nitrogens with one attached hydrogen (secondary N) is 1. The van der Waals surface area contributed by atoms with Gasteiger partial charge in [0.05, 0.1) is 0 Å². The van der Waals surface area contributed by atoms with Crippen molar-refractivity contribution in [3.8, 4) is 0 Å². The van der Waals surface area contributed by atoms with Gasteiger partial charge in [-0.25, -0.2) is 0 Å². The molecule has 0 bridgehead atoms. The zero-order valence-electron chi connectivity index (χ0n) is 11.4. The second-order valence-electron chi connectivity index (χ2n) is 4.60. The van der Waals surface area contributed by atoms with Crippen molar-refractivity contribution >= 4 is 5.97 Å². The highest BCUT2D eigenvalue weighted by Gasteiger charge is 2.15. The van der Waals surface area contributed by atoms with E-state index in [4.69, 9.17) is 9.84 Å². The highest BCUT2D eigenvalue weighted by Crippen LogP contribution is 2.05. The Hall–Kier alpha value is -0.610. The summed E-state index contributed by atoms with van der Waals surface area (Å²) in [4.78, 5) is 10.9. The van der Waals surface area contributed by atoms with E-state index in [9.17, 15) is 4.79 Å². The maximum absolute atomic E-state index is 10.9. The van der Waals surface area contributed by atoms with Crippen molar-refractivity contribution in [3.05, 3.63) is 0 Å². The minimum Gasteiger partial charge on any atom is -0.480 e. The summed E-state index contributed by atoms with van der Waals surface area (Å²) in [5.41, 5.74) is 0. The average Bonchev–Trinajstić information content (AvgIpc) is 2.28. The van der Waals surface area contributed by atoms with Crippen LogP contribution in [0.15, 0.2) is 0 Å². The van der Waals surface area contributed by atoms with Crippen LogP contribution in [0.2, 0.25) is 0 Å². The molecule has 17 heavy (non-hydrogen) atoms. The molecule has 0 aliphatic rings. The summed E-state index contributed by atoms with van der Waals surface area (Å²) in [7, 11) is 0. The number of hydrogen-bond acceptors (Lipinski definition) is 3. The molecule has 0 rings (SSSR count). The lowest BCUT2D eigenvalue weighted by Gasteiger charge is -2.15. The van der Waals surface area contributed by atoms with Gasteiger partial charge < -0.3 is 15.2 Å². The maximum atomic E-state index is 10.9. The molecule has 2 atom stereocenters. The van der Waals surface area contributed by atoms with Gasteiger partial charge in [0.15, 0.2) is 0 Å². The van der Waals surface area contributed by atoms with Gasteiger partial charge in [-0.3, -0.25) is 4.79 Å². The maximum Gasteiger partial charge on any atom is 0.320 e. The lowest BCUT2D eigenvalue weighted by Crippen LogP contribution is -2.38. The zero-order chi connectivity index (χ0) is 13.1. The van der Waals surface area contributed by atoms with Gasteiger partial charge in [0.2, 0.25) is 0 Å². The van der Waals surface area contributed by atoms with Gasteiger partial charge in [-0.2, -0.15) is 0 Å². The van der Waals surface area contributed by atoms with Crippen LogP contribution in [0.3, 0.4) is 0 Å². The Balaban J connectivity index is 3.64. The minimum atomic E-state index is -0.788. The summed E-state index contributed by atoms with van der Waals surface area (Å²) in [6, 6.07) is -0.476. The molecule has 0 fully saturated rings. The van der Waals surface area contributed by atoms with Gasteiger partial charge in [-0.05, 0) is 31.7 Å². The van der Waals surface area contributed by atoms with Crippen molar-refractivity contribution in [1.82, 2.24) is 5.32 Å². The van der Waals surface area contributed by atoms with Crippen LogP contribution in [-0.2, 0) is 9.53 Å². The van der Waals surface area contributed by atoms with Gasteiger partial charge in [0.1, 0.15) is 6.04 Å². The topological polar surface area (TPSA) is 58.6 Å². The molecule has 4 nitrogen and oxygen atoms in total. The summed E-state index contributed by atoms with van der Waals surface area (Å²) >= 11 is 0. The number of carbonyl (C=O) groups is 1. The van der Waals surface area contributed by atoms with Crippen LogP contribution in [0.5, 0.6) is 0 Å². The fraction of sp³-hybridized carbons (Fsp3) is 0.923. The largest absolute Gasteiger partial charge is 0.480 e. The fourth-order valence-corrected chi connectivity index (χ4v) is 1.69. The van der Waals surface area contributed by atoms with Crippen molar-refractivity contribution in [1.29, 1.82) is 0 Å². The third kappa shape index (κ3) is 9.12. The highest BCUT2D eigenvalue weighted by atomic mass is 16.5. The summed E-state index contributed by atoms with van der Waals surface area (Å²) in [5.74, 6) is -0.226. The number of carboxylic acids is 1. The second-order valence-corrected chi connectivity index (χ2v) is 4.60. The van der Waals surface area contributed by atoms with Crippen LogP contribution in [0, 0.1) is 5.92 Å². The quantitative estimate of drug-likeness (QED) is 0.548. The first-order valence-corrected chi connectivity index (χ1v) is 6.65. The summed E-state index contributed by atoms with van der Waals surface area (Å²) < 4.78 is 5.51. The van der Waals surface area contributed by atoms with Crippen LogP contribution >= 0.6 is 0 Å². The van der Waals surface area contributed by atoms with Gasteiger partial charge in [0, 0.05) is 13.2 Å². The summed E-state index contributed by atoms with van der Waals surface area (Å²) in [5, 5.41) is 12.0. The van der Waals surface area contributed by atoms with Gasteiger partial charge in [-0.15, -0.1) is 0 Å². The van der Waals surface area contributed by atoms with Crippen LogP contribution in [0.25, 0.3) is 0 Å². The van der Waals surface area contributed by atoms with Crippen LogP contribution < -0.4 is 5.32 Å². The molecule has 2 unspecified atom stereocenters. The SMILES string of the molecule is CCCNC(CCOCC(C)CCC)C(=O)O. The van der Waals surface area contributed by atoms with E-state index >= 15 is 0 Å². The molecule has 0 radical (unpaired) electrons. The molecular weight excluding hydrogens is 218 g/mol. The average molecular weight is 245 g/mol. The molecule has 0 aliphatic heterocycles. The number of carboxylic acid groups (broad SMARTS) is 1. The Labute approximate surface area is 105 Å². The Morgan fingerprint density at radius 2 is 2.00 bits per heavy atom. The van der Waals surface area contributed by atoms with Gasteiger partial charge >= 0.3 is 5.97 Å². The molecule has 0 aromatic rings. The molecule has 0 heterocycles. The number of hydrogen-bond donors (Lipinski definition) is 2. The van der Waals surface area contributed by atoms with E-state index in [2.05, 4.69) is 19.2 Å². The summed E-state index contributed by atoms with van der Waals surface area (Å²) in [6.07, 6.45) is 3.81. The normalized spacial score (nSPS) is 14.5. The lowest BCUT2D eigenvalue weighted by atomic mass is 10.1.